The number of nitrogens with zero attached hydrogens (tertiary/aromatic N) is 1. The lowest BCUT2D eigenvalue weighted by Crippen LogP contribution is -2.41. The van der Waals surface area contributed by atoms with Gasteiger partial charge in [0.05, 0.1) is 19.8 Å². The van der Waals surface area contributed by atoms with Crippen molar-refractivity contribution in [1.82, 2.24) is 4.90 Å². The topological polar surface area (TPSA) is 58.7 Å². The monoisotopic (exact) mass is 188 g/mol. The molecule has 0 aromatic rings. The van der Waals surface area contributed by atoms with Crippen molar-refractivity contribution in [1.29, 1.82) is 0 Å². The number of ether oxygens (including phenoxy) is 1. The largest absolute Gasteiger partial charge is 0.395 e. The fourth-order valence-electron chi connectivity index (χ4n) is 1.62. The summed E-state index contributed by atoms with van der Waals surface area (Å²) in [4.78, 5) is 2.26. The van der Waals surface area contributed by atoms with Crippen molar-refractivity contribution in [3.63, 3.8) is 0 Å². The fraction of sp³-hybridized carbons (Fsp3) is 1.00. The van der Waals surface area contributed by atoms with E-state index in [-0.39, 0.29) is 12.6 Å². The summed E-state index contributed by atoms with van der Waals surface area (Å²) >= 11 is 0. The van der Waals surface area contributed by atoms with Crippen LogP contribution < -0.4 is 5.73 Å². The highest BCUT2D eigenvalue weighted by Gasteiger charge is 2.16. The number of hydrogen-bond acceptors (Lipinski definition) is 4. The van der Waals surface area contributed by atoms with Gasteiger partial charge in [-0.25, -0.2) is 0 Å². The molecule has 0 saturated carbocycles. The fourth-order valence-corrected chi connectivity index (χ4v) is 1.62. The van der Waals surface area contributed by atoms with Gasteiger partial charge in [-0.3, -0.25) is 4.90 Å². The van der Waals surface area contributed by atoms with E-state index in [0.717, 1.165) is 32.8 Å². The third-order valence-corrected chi connectivity index (χ3v) is 2.25. The van der Waals surface area contributed by atoms with Crippen molar-refractivity contribution in [2.24, 2.45) is 11.7 Å². The minimum Gasteiger partial charge on any atom is -0.395 e. The summed E-state index contributed by atoms with van der Waals surface area (Å²) in [5, 5.41) is 8.82. The first-order valence-electron chi connectivity index (χ1n) is 4.89. The Morgan fingerprint density at radius 2 is 2.46 bits per heavy atom. The third-order valence-electron chi connectivity index (χ3n) is 2.25. The minimum atomic E-state index is -0.120. The second-order valence-corrected chi connectivity index (χ2v) is 3.88. The van der Waals surface area contributed by atoms with E-state index >= 15 is 0 Å². The summed E-state index contributed by atoms with van der Waals surface area (Å²) in [5.41, 5.74) is 5.67. The molecule has 78 valence electrons. The zero-order chi connectivity index (χ0) is 9.68. The van der Waals surface area contributed by atoms with Crippen LogP contribution in [0.3, 0.4) is 0 Å². The van der Waals surface area contributed by atoms with E-state index in [2.05, 4.69) is 11.8 Å². The Morgan fingerprint density at radius 1 is 1.69 bits per heavy atom. The SMILES string of the molecule is CC1COCCN(CC(N)CO)C1. The second kappa shape index (κ2) is 5.54. The average molecular weight is 188 g/mol. The van der Waals surface area contributed by atoms with E-state index in [1.165, 1.54) is 0 Å². The van der Waals surface area contributed by atoms with Crippen LogP contribution in [0.2, 0.25) is 0 Å². The average Bonchev–Trinajstić information content (AvgIpc) is 2.30. The third kappa shape index (κ3) is 4.04. The number of nitrogens with two attached hydrogens (primary N) is 1. The quantitative estimate of drug-likeness (QED) is 0.613. The molecule has 4 nitrogen and oxygen atoms in total. The highest BCUT2D eigenvalue weighted by molar-refractivity contribution is 4.71. The molecule has 0 aromatic carbocycles. The standard InChI is InChI=1S/C9H20N2O2/c1-8-4-11(2-3-13-7-8)5-9(10)6-12/h8-9,12H,2-7,10H2,1H3. The number of aliphatic hydroxyl groups is 1. The molecule has 0 spiro atoms. The molecule has 1 aliphatic rings. The Morgan fingerprint density at radius 3 is 3.15 bits per heavy atom. The van der Waals surface area contributed by atoms with E-state index in [4.69, 9.17) is 15.6 Å². The van der Waals surface area contributed by atoms with Crippen molar-refractivity contribution >= 4 is 0 Å². The van der Waals surface area contributed by atoms with E-state index in [1.54, 1.807) is 0 Å². The maximum atomic E-state index is 8.82. The maximum absolute atomic E-state index is 8.82. The first-order chi connectivity index (χ1) is 6.22. The van der Waals surface area contributed by atoms with Gasteiger partial charge in [-0.05, 0) is 5.92 Å². The van der Waals surface area contributed by atoms with E-state index in [1.807, 2.05) is 0 Å². The summed E-state index contributed by atoms with van der Waals surface area (Å²) in [5.74, 6) is 0.563. The molecule has 13 heavy (non-hydrogen) atoms. The Labute approximate surface area is 79.7 Å². The summed E-state index contributed by atoms with van der Waals surface area (Å²) in [7, 11) is 0. The molecule has 2 unspecified atom stereocenters. The van der Waals surface area contributed by atoms with Crippen molar-refractivity contribution < 1.29 is 9.84 Å². The maximum Gasteiger partial charge on any atom is 0.0595 e. The lowest BCUT2D eigenvalue weighted by Gasteiger charge is -2.23. The second-order valence-electron chi connectivity index (χ2n) is 3.88. The van der Waals surface area contributed by atoms with Crippen LogP contribution in [0.5, 0.6) is 0 Å². The molecule has 0 amide bonds. The van der Waals surface area contributed by atoms with Gasteiger partial charge in [0.25, 0.3) is 0 Å². The molecule has 2 atom stereocenters. The highest BCUT2D eigenvalue weighted by Crippen LogP contribution is 2.05. The van der Waals surface area contributed by atoms with E-state index in [0.29, 0.717) is 5.92 Å². The van der Waals surface area contributed by atoms with Gasteiger partial charge in [-0.1, -0.05) is 6.92 Å². The van der Waals surface area contributed by atoms with Crippen LogP contribution in [0.1, 0.15) is 6.92 Å². The van der Waals surface area contributed by atoms with Crippen molar-refractivity contribution in [2.45, 2.75) is 13.0 Å². The van der Waals surface area contributed by atoms with Gasteiger partial charge in [0.15, 0.2) is 0 Å². The van der Waals surface area contributed by atoms with Crippen LogP contribution in [-0.2, 0) is 4.74 Å². The van der Waals surface area contributed by atoms with Gasteiger partial charge < -0.3 is 15.6 Å². The van der Waals surface area contributed by atoms with Gasteiger partial charge in [0.2, 0.25) is 0 Å². The molecule has 1 fully saturated rings. The molecule has 1 saturated heterocycles. The number of hydrogen-bond donors (Lipinski definition) is 2. The predicted molar refractivity (Wildman–Crippen MR) is 51.5 cm³/mol. The molecule has 3 N–H and O–H groups in total. The van der Waals surface area contributed by atoms with Crippen LogP contribution in [-0.4, -0.2) is 55.5 Å². The minimum absolute atomic E-state index is 0.0612. The molecule has 1 aliphatic heterocycles. The lowest BCUT2D eigenvalue weighted by molar-refractivity contribution is 0.125. The van der Waals surface area contributed by atoms with Crippen LogP contribution in [0.25, 0.3) is 0 Å². The van der Waals surface area contributed by atoms with Crippen LogP contribution in [0.4, 0.5) is 0 Å². The van der Waals surface area contributed by atoms with Crippen molar-refractivity contribution in [2.75, 3.05) is 39.5 Å². The van der Waals surface area contributed by atoms with Crippen molar-refractivity contribution in [3.05, 3.63) is 0 Å². The molecular weight excluding hydrogens is 168 g/mol. The summed E-state index contributed by atoms with van der Waals surface area (Å²) in [6, 6.07) is -0.120. The predicted octanol–water partition coefficient (Wildman–Crippen LogP) is -0.726. The first-order valence-corrected chi connectivity index (χ1v) is 4.89. The normalized spacial score (nSPS) is 28.4. The Hall–Kier alpha value is -0.160. The first kappa shape index (κ1) is 10.9. The molecule has 1 rings (SSSR count). The molecule has 0 aliphatic carbocycles. The number of aliphatic hydroxyl groups excluding tert-OH is 1. The highest BCUT2D eigenvalue weighted by atomic mass is 16.5. The van der Waals surface area contributed by atoms with Crippen molar-refractivity contribution in [3.8, 4) is 0 Å². The van der Waals surface area contributed by atoms with Gasteiger partial charge >= 0.3 is 0 Å². The zero-order valence-electron chi connectivity index (χ0n) is 8.28. The molecule has 1 heterocycles. The molecule has 0 aromatic heterocycles. The summed E-state index contributed by atoms with van der Waals surface area (Å²) in [6.45, 7) is 6.57. The smallest absolute Gasteiger partial charge is 0.0595 e. The summed E-state index contributed by atoms with van der Waals surface area (Å²) in [6.07, 6.45) is 0. The van der Waals surface area contributed by atoms with E-state index in [9.17, 15) is 0 Å². The van der Waals surface area contributed by atoms with Crippen LogP contribution in [0.15, 0.2) is 0 Å². The van der Waals surface area contributed by atoms with E-state index < -0.39 is 0 Å². The number of rotatable bonds is 3. The van der Waals surface area contributed by atoms with Gasteiger partial charge in [-0.15, -0.1) is 0 Å². The van der Waals surface area contributed by atoms with Gasteiger partial charge in [0.1, 0.15) is 0 Å². The lowest BCUT2D eigenvalue weighted by atomic mass is 10.2. The molecule has 0 radical (unpaired) electrons. The van der Waals surface area contributed by atoms with Crippen LogP contribution >= 0.6 is 0 Å². The molecule has 0 bridgehead atoms. The zero-order valence-corrected chi connectivity index (χ0v) is 8.28. The Kier molecular flexibility index (Phi) is 4.66. The van der Waals surface area contributed by atoms with Gasteiger partial charge in [0, 0.05) is 25.7 Å². The van der Waals surface area contributed by atoms with Crippen LogP contribution in [0, 0.1) is 5.92 Å². The Balaban J connectivity index is 2.30. The van der Waals surface area contributed by atoms with Gasteiger partial charge in [-0.2, -0.15) is 0 Å². The summed E-state index contributed by atoms with van der Waals surface area (Å²) < 4.78 is 5.41. The Bertz CT molecular complexity index is 144. The molecule has 4 heteroatoms. The molecular formula is C9H20N2O2.